The maximum Gasteiger partial charge on any atom is 0.415 e. The minimum Gasteiger partial charge on any atom is -0.494 e. The molecule has 0 atom stereocenters. The summed E-state index contributed by atoms with van der Waals surface area (Å²) >= 11 is 0. The number of nitrogens with one attached hydrogen (secondary N) is 1. The average Bonchev–Trinajstić information content (AvgIpc) is 2.98. The molecule has 15 heteroatoms. The molecule has 3 rings (SSSR count). The lowest BCUT2D eigenvalue weighted by atomic mass is 10.1. The van der Waals surface area contributed by atoms with Gasteiger partial charge in [0.25, 0.3) is 5.69 Å². The molecule has 46 heavy (non-hydrogen) atoms. The van der Waals surface area contributed by atoms with Gasteiger partial charge in [0.15, 0.2) is 0 Å². The number of esters is 1. The summed E-state index contributed by atoms with van der Waals surface area (Å²) < 4.78 is 16.4. The molecule has 0 unspecified atom stereocenters. The zero-order valence-electron chi connectivity index (χ0n) is 27.9. The third-order valence-electron chi connectivity index (χ3n) is 6.42. The molecule has 0 bridgehead atoms. The van der Waals surface area contributed by atoms with Crippen molar-refractivity contribution < 1.29 is 28.7 Å². The van der Waals surface area contributed by atoms with Gasteiger partial charge in [-0.2, -0.15) is 0 Å². The average molecular weight is 639 g/mol. The number of aromatic nitrogens is 3. The van der Waals surface area contributed by atoms with E-state index in [1.807, 2.05) is 19.0 Å². The van der Waals surface area contributed by atoms with Crippen molar-refractivity contribution in [2.45, 2.75) is 46.3 Å². The molecule has 1 N–H and O–H groups in total. The molecule has 2 heterocycles. The van der Waals surface area contributed by atoms with Crippen LogP contribution in [0.15, 0.2) is 36.7 Å². The molecule has 15 nitrogen and oxygen atoms in total. The number of ether oxygens (including phenoxy) is 3. The van der Waals surface area contributed by atoms with Gasteiger partial charge in [-0.15, -0.1) is 0 Å². The smallest absolute Gasteiger partial charge is 0.415 e. The molecular formula is C31H42N8O7. The van der Waals surface area contributed by atoms with Gasteiger partial charge in [0.05, 0.1) is 29.5 Å². The number of pyridine rings is 1. The van der Waals surface area contributed by atoms with Crippen LogP contribution in [0.3, 0.4) is 0 Å². The minimum atomic E-state index is -0.688. The van der Waals surface area contributed by atoms with E-state index in [0.717, 1.165) is 0 Å². The number of hydrogen-bond donors (Lipinski definition) is 1. The Morgan fingerprint density at radius 1 is 1.04 bits per heavy atom. The van der Waals surface area contributed by atoms with Crippen molar-refractivity contribution in [1.82, 2.24) is 19.9 Å². The van der Waals surface area contributed by atoms with E-state index in [4.69, 9.17) is 14.2 Å². The van der Waals surface area contributed by atoms with Crippen molar-refractivity contribution >= 4 is 40.9 Å². The number of benzene rings is 1. The van der Waals surface area contributed by atoms with Gasteiger partial charge in [-0.25, -0.2) is 24.5 Å². The van der Waals surface area contributed by atoms with E-state index in [1.165, 1.54) is 37.5 Å². The van der Waals surface area contributed by atoms with Gasteiger partial charge in [-0.3, -0.25) is 15.0 Å². The molecule has 248 valence electrons. The fourth-order valence-corrected chi connectivity index (χ4v) is 4.10. The SMILES string of the molecule is COc1cc(N(C)CCN(C)C)c([N+](=O)[O-])cc1Nc1ncc(C(=O)OC(C)C)c(-c2ccc(N(C)C(=O)OC(C)(C)C)nc2)n1. The normalized spacial score (nSPS) is 11.3. The zero-order valence-corrected chi connectivity index (χ0v) is 27.9. The monoisotopic (exact) mass is 638 g/mol. The fourth-order valence-electron chi connectivity index (χ4n) is 4.10. The Morgan fingerprint density at radius 2 is 1.74 bits per heavy atom. The molecule has 0 radical (unpaired) electrons. The molecule has 0 aliphatic rings. The number of nitro benzene ring substituents is 1. The summed E-state index contributed by atoms with van der Waals surface area (Å²) in [6.07, 6.45) is 1.78. The van der Waals surface area contributed by atoms with Gasteiger partial charge >= 0.3 is 12.1 Å². The Bertz CT molecular complexity index is 1560. The van der Waals surface area contributed by atoms with Crippen LogP contribution >= 0.6 is 0 Å². The number of rotatable bonds is 12. The van der Waals surface area contributed by atoms with E-state index in [1.54, 1.807) is 64.8 Å². The Hall–Kier alpha value is -5.05. The largest absolute Gasteiger partial charge is 0.494 e. The summed E-state index contributed by atoms with van der Waals surface area (Å²) in [7, 11) is 8.60. The number of likely N-dealkylation sites (N-methyl/N-ethyl adjacent to an activating group) is 2. The van der Waals surface area contributed by atoms with Gasteiger partial charge < -0.3 is 29.3 Å². The van der Waals surface area contributed by atoms with Crippen LogP contribution in [0, 0.1) is 10.1 Å². The Morgan fingerprint density at radius 3 is 2.28 bits per heavy atom. The summed E-state index contributed by atoms with van der Waals surface area (Å²) in [4.78, 5) is 55.4. The van der Waals surface area contributed by atoms with Crippen LogP contribution in [0.2, 0.25) is 0 Å². The van der Waals surface area contributed by atoms with Crippen LogP contribution in [0.5, 0.6) is 5.75 Å². The second-order valence-corrected chi connectivity index (χ2v) is 12.0. The van der Waals surface area contributed by atoms with Crippen molar-refractivity contribution in [2.75, 3.05) is 63.5 Å². The van der Waals surface area contributed by atoms with Crippen LogP contribution in [-0.2, 0) is 9.47 Å². The third kappa shape index (κ3) is 9.23. The highest BCUT2D eigenvalue weighted by Gasteiger charge is 2.25. The number of nitrogens with zero attached hydrogens (tertiary/aromatic N) is 7. The summed E-state index contributed by atoms with van der Waals surface area (Å²) in [6, 6.07) is 6.16. The fraction of sp³-hybridized carbons (Fsp3) is 0.452. The number of amides is 1. The van der Waals surface area contributed by atoms with E-state index in [0.29, 0.717) is 35.9 Å². The summed E-state index contributed by atoms with van der Waals surface area (Å²) in [5.41, 5.74) is 0.488. The molecule has 3 aromatic rings. The van der Waals surface area contributed by atoms with Crippen LogP contribution in [-0.4, -0.2) is 96.9 Å². The summed E-state index contributed by atoms with van der Waals surface area (Å²) in [5, 5.41) is 15.1. The molecule has 1 amide bonds. The lowest BCUT2D eigenvalue weighted by molar-refractivity contribution is -0.384. The molecular weight excluding hydrogens is 596 g/mol. The van der Waals surface area contributed by atoms with Gasteiger partial charge in [0.2, 0.25) is 5.95 Å². The molecule has 2 aromatic heterocycles. The maximum atomic E-state index is 13.0. The summed E-state index contributed by atoms with van der Waals surface area (Å²) in [6.45, 7) is 9.97. The summed E-state index contributed by atoms with van der Waals surface area (Å²) in [5.74, 6) is 0.0172. The van der Waals surface area contributed by atoms with Crippen molar-refractivity contribution in [3.63, 3.8) is 0 Å². The molecule has 0 saturated carbocycles. The van der Waals surface area contributed by atoms with Crippen LogP contribution in [0.25, 0.3) is 11.3 Å². The van der Waals surface area contributed by atoms with Gasteiger partial charge in [-0.05, 0) is 60.8 Å². The number of carbonyl (C=O) groups excluding carboxylic acids is 2. The van der Waals surface area contributed by atoms with Crippen molar-refractivity contribution in [3.05, 3.63) is 52.3 Å². The van der Waals surface area contributed by atoms with Gasteiger partial charge in [0.1, 0.15) is 28.4 Å². The highest BCUT2D eigenvalue weighted by atomic mass is 16.6. The number of anilines is 4. The zero-order chi connectivity index (χ0) is 34.3. The predicted molar refractivity (Wildman–Crippen MR) is 175 cm³/mol. The Balaban J connectivity index is 2.04. The van der Waals surface area contributed by atoms with E-state index in [2.05, 4.69) is 20.3 Å². The molecule has 1 aromatic carbocycles. The number of methoxy groups -OCH3 is 1. The lowest BCUT2D eigenvalue weighted by Crippen LogP contribution is -2.34. The predicted octanol–water partition coefficient (Wildman–Crippen LogP) is 5.13. The Labute approximate surface area is 268 Å². The minimum absolute atomic E-state index is 0.0346. The molecule has 0 aliphatic heterocycles. The second kappa shape index (κ2) is 14.8. The molecule has 0 fully saturated rings. The second-order valence-electron chi connectivity index (χ2n) is 12.0. The standard InChI is InChI=1S/C31H42N8O7/c1-19(2)45-28(40)21-18-33-29(35-27(21)20-11-12-26(32-17-20)38(9)30(41)46-31(3,4)5)34-22-15-24(39(42)43)23(16-25(22)44-10)37(8)14-13-36(6)7/h11-12,15-19H,13-14H2,1-10H3,(H,33,34,35). The number of carbonyl (C=O) groups is 2. The molecule has 0 spiro atoms. The van der Waals surface area contributed by atoms with Crippen LogP contribution < -0.4 is 19.9 Å². The van der Waals surface area contributed by atoms with E-state index in [9.17, 15) is 19.7 Å². The number of nitro groups is 1. The van der Waals surface area contributed by atoms with Crippen LogP contribution in [0.4, 0.5) is 33.6 Å². The first-order valence-corrected chi connectivity index (χ1v) is 14.5. The topological polar surface area (TPSA) is 165 Å². The first kappa shape index (κ1) is 35.4. The number of hydrogen-bond acceptors (Lipinski definition) is 13. The van der Waals surface area contributed by atoms with E-state index in [-0.39, 0.29) is 28.6 Å². The molecule has 0 aliphatic carbocycles. The quantitative estimate of drug-likeness (QED) is 0.158. The van der Waals surface area contributed by atoms with Gasteiger partial charge in [-0.1, -0.05) is 0 Å². The molecule has 0 saturated heterocycles. The Kier molecular flexibility index (Phi) is 11.4. The third-order valence-corrected chi connectivity index (χ3v) is 6.42. The first-order chi connectivity index (χ1) is 21.5. The van der Waals surface area contributed by atoms with E-state index >= 15 is 0 Å². The highest BCUT2D eigenvalue weighted by molar-refractivity contribution is 5.96. The first-order valence-electron chi connectivity index (χ1n) is 14.5. The van der Waals surface area contributed by atoms with Crippen molar-refractivity contribution in [3.8, 4) is 17.0 Å². The highest BCUT2D eigenvalue weighted by Crippen LogP contribution is 2.39. The van der Waals surface area contributed by atoms with Crippen LogP contribution in [0.1, 0.15) is 45.0 Å². The lowest BCUT2D eigenvalue weighted by Gasteiger charge is -2.24. The van der Waals surface area contributed by atoms with Crippen molar-refractivity contribution in [2.24, 2.45) is 0 Å². The van der Waals surface area contributed by atoms with Gasteiger partial charge in [0, 0.05) is 57.3 Å². The maximum absolute atomic E-state index is 13.0. The van der Waals surface area contributed by atoms with E-state index < -0.39 is 28.7 Å². The van der Waals surface area contributed by atoms with Crippen molar-refractivity contribution in [1.29, 1.82) is 0 Å².